The molecule has 6 heteroatoms. The third-order valence-corrected chi connectivity index (χ3v) is 5.06. The molecule has 5 rings (SSSR count). The van der Waals surface area contributed by atoms with Crippen LogP contribution in [0.15, 0.2) is 59.0 Å². The summed E-state index contributed by atoms with van der Waals surface area (Å²) in [5.41, 5.74) is 1.12. The lowest BCUT2D eigenvalue weighted by Gasteiger charge is -2.46. The van der Waals surface area contributed by atoms with Crippen molar-refractivity contribution < 1.29 is 13.9 Å². The number of aromatic nitrogens is 2. The van der Waals surface area contributed by atoms with Crippen molar-refractivity contribution in [2.45, 2.75) is 30.9 Å². The van der Waals surface area contributed by atoms with Gasteiger partial charge in [-0.25, -0.2) is 0 Å². The van der Waals surface area contributed by atoms with E-state index in [1.165, 1.54) is 0 Å². The molecule has 1 fully saturated rings. The normalized spacial score (nSPS) is 26.6. The fourth-order valence-corrected chi connectivity index (χ4v) is 3.93. The van der Waals surface area contributed by atoms with E-state index in [2.05, 4.69) is 15.5 Å². The highest BCUT2D eigenvalue weighted by Crippen LogP contribution is 2.49. The van der Waals surface area contributed by atoms with Crippen LogP contribution in [0.4, 0.5) is 0 Å². The van der Waals surface area contributed by atoms with E-state index < -0.39 is 11.6 Å². The van der Waals surface area contributed by atoms with Gasteiger partial charge in [0.25, 0.3) is 0 Å². The van der Waals surface area contributed by atoms with Crippen LogP contribution in [0.3, 0.4) is 0 Å². The highest BCUT2D eigenvalue weighted by Gasteiger charge is 2.51. The fourth-order valence-electron chi connectivity index (χ4n) is 3.93. The summed E-state index contributed by atoms with van der Waals surface area (Å²) >= 11 is 0. The van der Waals surface area contributed by atoms with E-state index in [4.69, 9.17) is 9.15 Å². The van der Waals surface area contributed by atoms with Crippen molar-refractivity contribution >= 4 is 5.91 Å². The second-order valence-corrected chi connectivity index (χ2v) is 6.96. The van der Waals surface area contributed by atoms with Gasteiger partial charge in [-0.2, -0.15) is 0 Å². The van der Waals surface area contributed by atoms with Crippen molar-refractivity contribution in [3.05, 3.63) is 66.1 Å². The highest BCUT2D eigenvalue weighted by molar-refractivity contribution is 5.86. The van der Waals surface area contributed by atoms with Crippen LogP contribution in [-0.4, -0.2) is 21.8 Å². The third kappa shape index (κ3) is 2.29. The maximum atomic E-state index is 12.9. The van der Waals surface area contributed by atoms with Gasteiger partial charge in [-0.15, -0.1) is 10.2 Å². The van der Waals surface area contributed by atoms with E-state index in [1.807, 2.05) is 61.5 Å². The van der Waals surface area contributed by atoms with E-state index in [9.17, 15) is 4.79 Å². The summed E-state index contributed by atoms with van der Waals surface area (Å²) in [6.07, 6.45) is 0.656. The molecule has 1 aromatic heterocycles. The Kier molecular flexibility index (Phi) is 3.16. The quantitative estimate of drug-likeness (QED) is 0.770. The van der Waals surface area contributed by atoms with E-state index >= 15 is 0 Å². The first-order valence-corrected chi connectivity index (χ1v) is 8.62. The molecule has 1 N–H and O–H groups in total. The average molecular weight is 347 g/mol. The predicted octanol–water partition coefficient (Wildman–Crippen LogP) is 3.23. The Hall–Kier alpha value is -3.15. The lowest BCUT2D eigenvalue weighted by Crippen LogP contribution is -2.59. The molecule has 0 radical (unpaired) electrons. The minimum Gasteiger partial charge on any atom is -0.468 e. The van der Waals surface area contributed by atoms with Crippen LogP contribution < -0.4 is 10.1 Å². The van der Waals surface area contributed by atoms with Crippen LogP contribution in [-0.2, 0) is 4.79 Å². The van der Waals surface area contributed by atoms with Gasteiger partial charge >= 0.3 is 0 Å². The molecule has 2 aromatic carbocycles. The number of fused-ring (bicyclic) bond motifs is 4. The second kappa shape index (κ2) is 5.42. The predicted molar refractivity (Wildman–Crippen MR) is 93.5 cm³/mol. The van der Waals surface area contributed by atoms with Crippen molar-refractivity contribution in [2.75, 3.05) is 0 Å². The smallest absolute Gasteiger partial charge is 0.247 e. The van der Waals surface area contributed by atoms with Crippen LogP contribution in [0.5, 0.6) is 5.75 Å². The Bertz CT molecular complexity index is 985. The summed E-state index contributed by atoms with van der Waals surface area (Å²) in [6, 6.07) is 17.4. The molecule has 2 bridgehead atoms. The van der Waals surface area contributed by atoms with E-state index in [0.717, 1.165) is 16.9 Å². The van der Waals surface area contributed by atoms with Crippen LogP contribution in [0, 0.1) is 0 Å². The standard InChI is InChI=1S/C20H17N3O3/c1-20-11-14(13-9-5-6-10-15(13)26-20)16(17(24)21-20)19-23-22-18(25-19)12-7-3-2-4-8-12/h2-10,14,16H,11H2,1H3,(H,21,24). The Balaban J connectivity index is 1.58. The van der Waals surface area contributed by atoms with Gasteiger partial charge in [0.2, 0.25) is 17.7 Å². The molecule has 130 valence electrons. The number of hydrogen-bond donors (Lipinski definition) is 1. The third-order valence-electron chi connectivity index (χ3n) is 5.06. The number of nitrogens with one attached hydrogen (secondary N) is 1. The number of carbonyl (C=O) groups excluding carboxylic acids is 1. The van der Waals surface area contributed by atoms with Crippen molar-refractivity contribution in [3.63, 3.8) is 0 Å². The first-order valence-electron chi connectivity index (χ1n) is 8.62. The summed E-state index contributed by atoms with van der Waals surface area (Å²) < 4.78 is 11.9. The number of piperidine rings is 1. The molecule has 3 atom stereocenters. The largest absolute Gasteiger partial charge is 0.468 e. The lowest BCUT2D eigenvalue weighted by atomic mass is 9.75. The topological polar surface area (TPSA) is 77.2 Å². The van der Waals surface area contributed by atoms with Crippen molar-refractivity contribution in [3.8, 4) is 17.2 Å². The molecule has 1 amide bonds. The summed E-state index contributed by atoms with van der Waals surface area (Å²) in [5.74, 6) is 0.800. The van der Waals surface area contributed by atoms with Gasteiger partial charge in [-0.3, -0.25) is 4.79 Å². The van der Waals surface area contributed by atoms with E-state index in [-0.39, 0.29) is 11.8 Å². The summed E-state index contributed by atoms with van der Waals surface area (Å²) in [7, 11) is 0. The van der Waals surface area contributed by atoms with Gasteiger partial charge < -0.3 is 14.5 Å². The Labute approximate surface area is 150 Å². The van der Waals surface area contributed by atoms with E-state index in [1.54, 1.807) is 0 Å². The van der Waals surface area contributed by atoms with Gasteiger partial charge in [0.1, 0.15) is 11.7 Å². The molecule has 3 unspecified atom stereocenters. The summed E-state index contributed by atoms with van der Waals surface area (Å²) in [5, 5.41) is 11.3. The molecule has 6 nitrogen and oxygen atoms in total. The fraction of sp³-hybridized carbons (Fsp3) is 0.250. The SMILES string of the molecule is CC12CC(c3ccccc3O1)C(c1nnc(-c3ccccc3)o1)C(=O)N2. The van der Waals surface area contributed by atoms with Crippen molar-refractivity contribution in [1.82, 2.24) is 15.5 Å². The van der Waals surface area contributed by atoms with Crippen LogP contribution in [0.25, 0.3) is 11.5 Å². The number of amides is 1. The lowest BCUT2D eigenvalue weighted by molar-refractivity contribution is -0.136. The van der Waals surface area contributed by atoms with Gasteiger partial charge in [-0.05, 0) is 30.7 Å². The summed E-state index contributed by atoms with van der Waals surface area (Å²) in [4.78, 5) is 12.9. The van der Waals surface area contributed by atoms with Crippen LogP contribution >= 0.6 is 0 Å². The van der Waals surface area contributed by atoms with Gasteiger partial charge in [-0.1, -0.05) is 36.4 Å². The monoisotopic (exact) mass is 347 g/mol. The number of para-hydroxylation sites is 1. The minimum atomic E-state index is -0.713. The maximum Gasteiger partial charge on any atom is 0.247 e. The molecule has 2 aliphatic heterocycles. The molecular formula is C20H17N3O3. The molecule has 1 saturated heterocycles. The number of rotatable bonds is 2. The molecule has 0 spiro atoms. The van der Waals surface area contributed by atoms with Crippen molar-refractivity contribution in [1.29, 1.82) is 0 Å². The van der Waals surface area contributed by atoms with E-state index in [0.29, 0.717) is 18.2 Å². The molecule has 0 aliphatic carbocycles. The zero-order valence-corrected chi connectivity index (χ0v) is 14.2. The number of hydrogen-bond acceptors (Lipinski definition) is 5. The zero-order valence-electron chi connectivity index (χ0n) is 14.2. The van der Waals surface area contributed by atoms with Crippen molar-refractivity contribution in [2.24, 2.45) is 0 Å². The second-order valence-electron chi connectivity index (χ2n) is 6.96. The van der Waals surface area contributed by atoms with Gasteiger partial charge in [0, 0.05) is 17.9 Å². The highest BCUT2D eigenvalue weighted by atomic mass is 16.5. The minimum absolute atomic E-state index is 0.0669. The maximum absolute atomic E-state index is 12.9. The molecule has 0 saturated carbocycles. The number of ether oxygens (including phenoxy) is 1. The molecule has 3 aromatic rings. The Morgan fingerprint density at radius 1 is 1.08 bits per heavy atom. The molecule has 26 heavy (non-hydrogen) atoms. The molecule has 3 heterocycles. The Morgan fingerprint density at radius 3 is 2.69 bits per heavy atom. The first kappa shape index (κ1) is 15.1. The molecule has 2 aliphatic rings. The molecular weight excluding hydrogens is 330 g/mol. The number of benzene rings is 2. The van der Waals surface area contributed by atoms with Gasteiger partial charge in [0.05, 0.1) is 0 Å². The first-order chi connectivity index (χ1) is 12.6. The average Bonchev–Trinajstić information content (AvgIpc) is 3.11. The number of carbonyl (C=O) groups is 1. The van der Waals surface area contributed by atoms with Gasteiger partial charge in [0.15, 0.2) is 5.72 Å². The number of nitrogens with zero attached hydrogens (tertiary/aromatic N) is 2. The zero-order chi connectivity index (χ0) is 17.7. The van der Waals surface area contributed by atoms with Crippen LogP contribution in [0.2, 0.25) is 0 Å². The Morgan fingerprint density at radius 2 is 1.85 bits per heavy atom. The van der Waals surface area contributed by atoms with Crippen LogP contribution in [0.1, 0.15) is 36.6 Å². The summed E-state index contributed by atoms with van der Waals surface area (Å²) in [6.45, 7) is 1.90.